The number of rotatable bonds is 4. The van der Waals surface area contributed by atoms with E-state index < -0.39 is 5.60 Å². The molecule has 0 radical (unpaired) electrons. The van der Waals surface area contributed by atoms with E-state index in [-0.39, 0.29) is 18.3 Å². The summed E-state index contributed by atoms with van der Waals surface area (Å²) in [7, 11) is 1.77. The van der Waals surface area contributed by atoms with Crippen LogP contribution in [-0.2, 0) is 12.6 Å². The average Bonchev–Trinajstić information content (AvgIpc) is 2.70. The van der Waals surface area contributed by atoms with Gasteiger partial charge < -0.3 is 10.4 Å². The minimum Gasteiger partial charge on any atom is -0.384 e. The lowest BCUT2D eigenvalue weighted by atomic mass is 9.96. The van der Waals surface area contributed by atoms with Crippen LogP contribution in [-0.4, -0.2) is 27.3 Å². The molecule has 2 N–H and O–H groups in total. The van der Waals surface area contributed by atoms with Crippen LogP contribution >= 0.6 is 0 Å². The summed E-state index contributed by atoms with van der Waals surface area (Å²) >= 11 is 0. The molecular weight excluding hydrogens is 285 g/mol. The van der Waals surface area contributed by atoms with Gasteiger partial charge in [-0.3, -0.25) is 9.48 Å². The highest BCUT2D eigenvalue weighted by Gasteiger charge is 2.25. The molecule has 0 aliphatic rings. The molecule has 0 unspecified atom stereocenters. The molecule has 22 heavy (non-hydrogen) atoms. The first-order chi connectivity index (χ1) is 10.2. The Kier molecular flexibility index (Phi) is 4.32. The molecule has 0 fully saturated rings. The van der Waals surface area contributed by atoms with Crippen molar-refractivity contribution in [3.63, 3.8) is 0 Å². The van der Waals surface area contributed by atoms with Crippen molar-refractivity contribution < 1.29 is 14.3 Å². The molecule has 1 aromatic heterocycles. The van der Waals surface area contributed by atoms with Gasteiger partial charge in [-0.2, -0.15) is 5.10 Å². The Hall–Kier alpha value is -2.21. The smallest absolute Gasteiger partial charge is 0.255 e. The van der Waals surface area contributed by atoms with E-state index in [4.69, 9.17) is 0 Å². The van der Waals surface area contributed by atoms with E-state index in [0.29, 0.717) is 16.8 Å². The number of benzene rings is 1. The topological polar surface area (TPSA) is 67.2 Å². The van der Waals surface area contributed by atoms with E-state index in [9.17, 15) is 14.3 Å². The molecule has 0 bridgehead atoms. The van der Waals surface area contributed by atoms with Gasteiger partial charge in [-0.25, -0.2) is 4.39 Å². The molecule has 1 heterocycles. The van der Waals surface area contributed by atoms with Gasteiger partial charge in [0.05, 0.1) is 17.8 Å². The van der Waals surface area contributed by atoms with E-state index in [1.54, 1.807) is 25.6 Å². The zero-order valence-electron chi connectivity index (χ0n) is 13.1. The van der Waals surface area contributed by atoms with Crippen LogP contribution in [0.5, 0.6) is 0 Å². The van der Waals surface area contributed by atoms with Gasteiger partial charge in [0.25, 0.3) is 5.91 Å². The molecule has 1 atom stereocenters. The van der Waals surface area contributed by atoms with Gasteiger partial charge in [0.1, 0.15) is 11.4 Å². The summed E-state index contributed by atoms with van der Waals surface area (Å²) in [5.41, 5.74) is 1.16. The third-order valence-electron chi connectivity index (χ3n) is 3.80. The zero-order chi connectivity index (χ0) is 16.5. The molecule has 0 aliphatic carbocycles. The number of aliphatic hydroxyl groups is 1. The summed E-state index contributed by atoms with van der Waals surface area (Å²) < 4.78 is 14.6. The number of carbonyl (C=O) groups is 1. The number of aryl methyl sites for hydroxylation is 2. The number of aromatic nitrogens is 2. The van der Waals surface area contributed by atoms with Crippen molar-refractivity contribution >= 4 is 5.91 Å². The molecule has 0 saturated heterocycles. The SMILES string of the molecule is Cc1nn(C)c(C)c1C(=O)NC[C@](C)(O)c1ccc(F)cc1. The third kappa shape index (κ3) is 3.17. The van der Waals surface area contributed by atoms with Crippen molar-refractivity contribution in [3.05, 3.63) is 52.6 Å². The maximum Gasteiger partial charge on any atom is 0.255 e. The first-order valence-corrected chi connectivity index (χ1v) is 6.99. The molecule has 0 aliphatic heterocycles. The predicted molar refractivity (Wildman–Crippen MR) is 81.0 cm³/mol. The van der Waals surface area contributed by atoms with Crippen LogP contribution in [0.3, 0.4) is 0 Å². The molecule has 2 aromatic rings. The summed E-state index contributed by atoms with van der Waals surface area (Å²) in [4.78, 5) is 12.3. The summed E-state index contributed by atoms with van der Waals surface area (Å²) in [5, 5.41) is 17.4. The van der Waals surface area contributed by atoms with E-state index in [2.05, 4.69) is 10.4 Å². The minimum atomic E-state index is -1.28. The molecule has 0 saturated carbocycles. The highest BCUT2D eigenvalue weighted by molar-refractivity contribution is 5.96. The van der Waals surface area contributed by atoms with Gasteiger partial charge in [0.2, 0.25) is 0 Å². The van der Waals surface area contributed by atoms with Crippen molar-refractivity contribution in [1.29, 1.82) is 0 Å². The van der Waals surface area contributed by atoms with Gasteiger partial charge in [0, 0.05) is 12.7 Å². The van der Waals surface area contributed by atoms with Crippen LogP contribution in [0.4, 0.5) is 4.39 Å². The number of carbonyl (C=O) groups excluding carboxylic acids is 1. The van der Waals surface area contributed by atoms with Crippen LogP contribution < -0.4 is 5.32 Å². The van der Waals surface area contributed by atoms with Crippen molar-refractivity contribution in [2.45, 2.75) is 26.4 Å². The number of nitrogens with zero attached hydrogens (tertiary/aromatic N) is 2. The fraction of sp³-hybridized carbons (Fsp3) is 0.375. The average molecular weight is 305 g/mol. The third-order valence-corrected chi connectivity index (χ3v) is 3.80. The lowest BCUT2D eigenvalue weighted by Crippen LogP contribution is -2.39. The quantitative estimate of drug-likeness (QED) is 0.905. The summed E-state index contributed by atoms with van der Waals surface area (Å²) in [5.74, 6) is -0.657. The van der Waals surface area contributed by atoms with Crippen LogP contribution in [0.25, 0.3) is 0 Å². The van der Waals surface area contributed by atoms with Crippen LogP contribution in [0.1, 0.15) is 34.2 Å². The van der Waals surface area contributed by atoms with Crippen LogP contribution in [0.15, 0.2) is 24.3 Å². The maximum atomic E-state index is 12.9. The normalized spacial score (nSPS) is 13.7. The Morgan fingerprint density at radius 2 is 1.95 bits per heavy atom. The first kappa shape index (κ1) is 16.2. The van der Waals surface area contributed by atoms with Crippen molar-refractivity contribution in [1.82, 2.24) is 15.1 Å². The predicted octanol–water partition coefficient (Wildman–Crippen LogP) is 1.81. The second-order valence-electron chi connectivity index (χ2n) is 5.63. The molecule has 2 rings (SSSR count). The van der Waals surface area contributed by atoms with Crippen molar-refractivity contribution in [3.8, 4) is 0 Å². The zero-order valence-corrected chi connectivity index (χ0v) is 13.1. The van der Waals surface area contributed by atoms with Crippen molar-refractivity contribution in [2.75, 3.05) is 6.54 Å². The lowest BCUT2D eigenvalue weighted by molar-refractivity contribution is 0.0525. The summed E-state index contributed by atoms with van der Waals surface area (Å²) in [6.45, 7) is 5.17. The van der Waals surface area contributed by atoms with Crippen LogP contribution in [0, 0.1) is 19.7 Å². The molecule has 0 spiro atoms. The van der Waals surface area contributed by atoms with E-state index >= 15 is 0 Å². The molecule has 1 amide bonds. The first-order valence-electron chi connectivity index (χ1n) is 6.99. The Balaban J connectivity index is 2.11. The summed E-state index contributed by atoms with van der Waals surface area (Å²) in [6, 6.07) is 5.56. The molecule has 6 heteroatoms. The lowest BCUT2D eigenvalue weighted by Gasteiger charge is -2.24. The monoisotopic (exact) mass is 305 g/mol. The van der Waals surface area contributed by atoms with Gasteiger partial charge in [-0.05, 0) is 38.5 Å². The molecule has 5 nitrogen and oxygen atoms in total. The van der Waals surface area contributed by atoms with Crippen molar-refractivity contribution in [2.24, 2.45) is 7.05 Å². The number of halogens is 1. The van der Waals surface area contributed by atoms with Gasteiger partial charge >= 0.3 is 0 Å². The maximum absolute atomic E-state index is 12.9. The van der Waals surface area contributed by atoms with E-state index in [1.165, 1.54) is 24.3 Å². The highest BCUT2D eigenvalue weighted by atomic mass is 19.1. The van der Waals surface area contributed by atoms with E-state index in [1.807, 2.05) is 6.92 Å². The highest BCUT2D eigenvalue weighted by Crippen LogP contribution is 2.20. The second kappa shape index (κ2) is 5.88. The Morgan fingerprint density at radius 1 is 1.36 bits per heavy atom. The fourth-order valence-electron chi connectivity index (χ4n) is 2.35. The number of hydrogen-bond donors (Lipinski definition) is 2. The van der Waals surface area contributed by atoms with Crippen LogP contribution in [0.2, 0.25) is 0 Å². The Morgan fingerprint density at radius 3 is 2.45 bits per heavy atom. The largest absolute Gasteiger partial charge is 0.384 e. The fourth-order valence-corrected chi connectivity index (χ4v) is 2.35. The Bertz CT molecular complexity index is 690. The standard InChI is InChI=1S/C16H20FN3O2/c1-10-14(11(2)20(4)19-10)15(21)18-9-16(3,22)12-5-7-13(17)8-6-12/h5-8,22H,9H2,1-4H3,(H,18,21)/t16-/m0/s1. The molecular formula is C16H20FN3O2. The number of nitrogens with one attached hydrogen (secondary N) is 1. The summed E-state index contributed by atoms with van der Waals surface area (Å²) in [6.07, 6.45) is 0. The number of amides is 1. The Labute approximate surface area is 128 Å². The van der Waals surface area contributed by atoms with E-state index in [0.717, 1.165) is 5.69 Å². The van der Waals surface area contributed by atoms with Gasteiger partial charge in [-0.1, -0.05) is 12.1 Å². The minimum absolute atomic E-state index is 0.0191. The molecule has 1 aromatic carbocycles. The van der Waals surface area contributed by atoms with Gasteiger partial charge in [0.15, 0.2) is 0 Å². The van der Waals surface area contributed by atoms with Gasteiger partial charge in [-0.15, -0.1) is 0 Å². The molecule has 118 valence electrons. The number of hydrogen-bond acceptors (Lipinski definition) is 3. The second-order valence-corrected chi connectivity index (χ2v) is 5.63.